The van der Waals surface area contributed by atoms with Crippen LogP contribution in [0.5, 0.6) is 0 Å². The highest BCUT2D eigenvalue weighted by Crippen LogP contribution is 2.47. The van der Waals surface area contributed by atoms with E-state index >= 15 is 0 Å². The van der Waals surface area contributed by atoms with Gasteiger partial charge >= 0.3 is 15.6 Å². The summed E-state index contributed by atoms with van der Waals surface area (Å²) in [6.07, 6.45) is -19.4. The van der Waals surface area contributed by atoms with Crippen molar-refractivity contribution in [1.29, 1.82) is 0 Å². The summed E-state index contributed by atoms with van der Waals surface area (Å²) in [7, 11) is -10.8. The van der Waals surface area contributed by atoms with Crippen molar-refractivity contribution in [2.24, 2.45) is 0 Å². The highest BCUT2D eigenvalue weighted by atomic mass is 31.2. The number of ether oxygens (including phenoxy) is 3. The molecule has 19 heteroatoms. The van der Waals surface area contributed by atoms with Crippen molar-refractivity contribution in [1.82, 2.24) is 0 Å². The SMILES string of the molecule is O=P(O)(O)O[C@@H]1[C@@H](OP(=O)(O)O)[C@H](O)O[C@H](CO)[C@H]1O[C@H]1O[C@H](CO)[C@@H](O)[C@H](O)[C@H]1O. The molecule has 0 radical (unpaired) electrons. The van der Waals surface area contributed by atoms with E-state index in [1.807, 2.05) is 0 Å². The molecule has 0 aliphatic carbocycles. The van der Waals surface area contributed by atoms with Gasteiger partial charge in [-0.15, -0.1) is 0 Å². The molecule has 184 valence electrons. The van der Waals surface area contributed by atoms with Gasteiger partial charge in [-0.1, -0.05) is 0 Å². The predicted octanol–water partition coefficient (Wildman–Crippen LogP) is -5.16. The average Bonchev–Trinajstić information content (AvgIpc) is 2.64. The first-order chi connectivity index (χ1) is 14.2. The van der Waals surface area contributed by atoms with E-state index < -0.39 is 90.3 Å². The fourth-order valence-electron chi connectivity index (χ4n) is 3.09. The molecule has 2 saturated heterocycles. The maximum Gasteiger partial charge on any atom is 0.470 e. The van der Waals surface area contributed by atoms with Crippen LogP contribution in [-0.4, -0.2) is 125 Å². The second-order valence-electron chi connectivity index (χ2n) is 6.67. The first-order valence-electron chi connectivity index (χ1n) is 8.56. The van der Waals surface area contributed by atoms with E-state index in [1.54, 1.807) is 0 Å². The fraction of sp³-hybridized carbons (Fsp3) is 1.00. The Labute approximate surface area is 173 Å². The van der Waals surface area contributed by atoms with Crippen LogP contribution < -0.4 is 0 Å². The van der Waals surface area contributed by atoms with Crippen LogP contribution in [0, 0.1) is 0 Å². The second kappa shape index (κ2) is 10.4. The van der Waals surface area contributed by atoms with Crippen molar-refractivity contribution in [2.75, 3.05) is 13.2 Å². The molecule has 0 aromatic heterocycles. The standard InChI is InChI=1S/C12H24O17P2/c13-1-3-5(15)6(16)7(17)12(26-3)27-8-4(2-14)25-11(18)10(29-31(22,23)24)9(8)28-30(19,20)21/h3-18H,1-2H2,(H2,19,20,21)(H2,22,23,24)/t3-,4-,5-,6+,7-,8-,9+,10-,11-,12-/m1/s1. The summed E-state index contributed by atoms with van der Waals surface area (Å²) in [5.41, 5.74) is 0. The van der Waals surface area contributed by atoms with Gasteiger partial charge in [0.15, 0.2) is 12.6 Å². The Hall–Kier alpha value is -0.140. The molecule has 10 atom stereocenters. The first kappa shape index (κ1) is 27.1. The maximum atomic E-state index is 11.4. The quantitative estimate of drug-likeness (QED) is 0.139. The minimum atomic E-state index is -5.44. The zero-order valence-corrected chi connectivity index (χ0v) is 17.2. The molecule has 0 saturated carbocycles. The molecule has 2 aliphatic rings. The van der Waals surface area contributed by atoms with E-state index in [4.69, 9.17) is 24.0 Å². The summed E-state index contributed by atoms with van der Waals surface area (Å²) in [5, 5.41) is 58.4. The van der Waals surface area contributed by atoms with Crippen LogP contribution in [0.4, 0.5) is 0 Å². The number of aliphatic hydroxyl groups is 6. The van der Waals surface area contributed by atoms with Crippen molar-refractivity contribution in [2.45, 2.75) is 61.4 Å². The molecule has 31 heavy (non-hydrogen) atoms. The van der Waals surface area contributed by atoms with E-state index in [1.165, 1.54) is 0 Å². The van der Waals surface area contributed by atoms with Crippen LogP contribution in [0.25, 0.3) is 0 Å². The lowest BCUT2D eigenvalue weighted by Gasteiger charge is -2.46. The minimum Gasteiger partial charge on any atom is -0.394 e. The topological polar surface area (TPSA) is 283 Å². The van der Waals surface area contributed by atoms with Gasteiger partial charge in [-0.2, -0.15) is 0 Å². The third-order valence-electron chi connectivity index (χ3n) is 4.45. The second-order valence-corrected chi connectivity index (χ2v) is 9.05. The minimum absolute atomic E-state index is 0.847. The van der Waals surface area contributed by atoms with E-state index in [9.17, 15) is 49.6 Å². The Morgan fingerprint density at radius 3 is 1.68 bits per heavy atom. The van der Waals surface area contributed by atoms with Crippen molar-refractivity contribution < 1.29 is 82.6 Å². The largest absolute Gasteiger partial charge is 0.470 e. The molecule has 17 nitrogen and oxygen atoms in total. The van der Waals surface area contributed by atoms with Crippen molar-refractivity contribution >= 4 is 15.6 Å². The summed E-state index contributed by atoms with van der Waals surface area (Å²) < 4.78 is 46.7. The number of aliphatic hydroxyl groups excluding tert-OH is 6. The van der Waals surface area contributed by atoms with E-state index in [-0.39, 0.29) is 0 Å². The average molecular weight is 502 g/mol. The molecular weight excluding hydrogens is 478 g/mol. The zero-order chi connectivity index (χ0) is 23.7. The van der Waals surface area contributed by atoms with E-state index in [0.717, 1.165) is 0 Å². The number of hydrogen-bond donors (Lipinski definition) is 10. The molecule has 0 unspecified atom stereocenters. The normalized spacial score (nSPS) is 42.5. The van der Waals surface area contributed by atoms with Crippen LogP contribution in [-0.2, 0) is 32.4 Å². The number of rotatable bonds is 8. The first-order valence-corrected chi connectivity index (χ1v) is 11.6. The third-order valence-corrected chi connectivity index (χ3v) is 5.48. The zero-order valence-electron chi connectivity index (χ0n) is 15.4. The summed E-state index contributed by atoms with van der Waals surface area (Å²) in [4.78, 5) is 36.4. The summed E-state index contributed by atoms with van der Waals surface area (Å²) >= 11 is 0. The third kappa shape index (κ3) is 6.92. The van der Waals surface area contributed by atoms with Gasteiger partial charge in [0.05, 0.1) is 13.2 Å². The Morgan fingerprint density at radius 1 is 0.677 bits per heavy atom. The monoisotopic (exact) mass is 502 g/mol. The lowest BCUT2D eigenvalue weighted by atomic mass is 9.97. The lowest BCUT2D eigenvalue weighted by Crippen LogP contribution is -2.65. The Morgan fingerprint density at radius 2 is 1.19 bits per heavy atom. The highest BCUT2D eigenvalue weighted by molar-refractivity contribution is 7.46. The fourth-order valence-corrected chi connectivity index (χ4v) is 4.19. The summed E-state index contributed by atoms with van der Waals surface area (Å²) in [6, 6.07) is 0. The Balaban J connectivity index is 2.38. The van der Waals surface area contributed by atoms with Gasteiger partial charge in [-0.05, 0) is 0 Å². The van der Waals surface area contributed by atoms with Crippen LogP contribution >= 0.6 is 15.6 Å². The van der Waals surface area contributed by atoms with Gasteiger partial charge in [0, 0.05) is 0 Å². The number of hydrogen-bond acceptors (Lipinski definition) is 13. The smallest absolute Gasteiger partial charge is 0.394 e. The maximum absolute atomic E-state index is 11.4. The molecule has 0 spiro atoms. The van der Waals surface area contributed by atoms with Crippen LogP contribution in [0.2, 0.25) is 0 Å². The van der Waals surface area contributed by atoms with Gasteiger partial charge in [0.25, 0.3) is 0 Å². The summed E-state index contributed by atoms with van der Waals surface area (Å²) in [5.74, 6) is 0. The molecule has 10 N–H and O–H groups in total. The molecule has 0 aromatic carbocycles. The predicted molar refractivity (Wildman–Crippen MR) is 90.4 cm³/mol. The molecule has 2 fully saturated rings. The molecular formula is C12H24O17P2. The molecule has 0 amide bonds. The lowest BCUT2D eigenvalue weighted by molar-refractivity contribution is -0.352. The molecule has 2 aliphatic heterocycles. The molecule has 2 rings (SSSR count). The summed E-state index contributed by atoms with van der Waals surface area (Å²) in [6.45, 7) is -1.84. The van der Waals surface area contributed by atoms with Crippen LogP contribution in [0.15, 0.2) is 0 Å². The van der Waals surface area contributed by atoms with Gasteiger partial charge < -0.3 is 64.4 Å². The van der Waals surface area contributed by atoms with Crippen molar-refractivity contribution in [3.05, 3.63) is 0 Å². The Bertz CT molecular complexity index is 678. The van der Waals surface area contributed by atoms with Gasteiger partial charge in [0.1, 0.15) is 48.8 Å². The highest BCUT2D eigenvalue weighted by Gasteiger charge is 2.54. The number of phosphoric ester groups is 2. The Kier molecular flexibility index (Phi) is 9.11. The van der Waals surface area contributed by atoms with E-state index in [2.05, 4.69) is 9.05 Å². The molecule has 0 bridgehead atoms. The van der Waals surface area contributed by atoms with Crippen LogP contribution in [0.1, 0.15) is 0 Å². The van der Waals surface area contributed by atoms with E-state index in [0.29, 0.717) is 0 Å². The van der Waals surface area contributed by atoms with Gasteiger partial charge in [0.2, 0.25) is 0 Å². The number of phosphoric acid groups is 2. The van der Waals surface area contributed by atoms with Crippen LogP contribution in [0.3, 0.4) is 0 Å². The van der Waals surface area contributed by atoms with Gasteiger partial charge in [-0.3, -0.25) is 9.05 Å². The molecule has 0 aromatic rings. The molecule has 2 heterocycles. The van der Waals surface area contributed by atoms with Gasteiger partial charge in [-0.25, -0.2) is 9.13 Å². The van der Waals surface area contributed by atoms with Crippen molar-refractivity contribution in [3.63, 3.8) is 0 Å². The van der Waals surface area contributed by atoms with Crippen molar-refractivity contribution in [3.8, 4) is 0 Å².